The molecule has 0 aliphatic rings. The lowest BCUT2D eigenvalue weighted by molar-refractivity contribution is -0.124. The van der Waals surface area contributed by atoms with Crippen molar-refractivity contribution in [1.29, 1.82) is 0 Å². The number of rotatable bonds is 6. The van der Waals surface area contributed by atoms with Crippen LogP contribution in [0.15, 0.2) is 24.3 Å². The molecule has 0 heterocycles. The van der Waals surface area contributed by atoms with Gasteiger partial charge in [0.1, 0.15) is 17.9 Å². The molecule has 0 aromatic heterocycles. The average Bonchev–Trinajstić information content (AvgIpc) is 2.35. The van der Waals surface area contributed by atoms with Crippen LogP contribution in [0.2, 0.25) is 0 Å². The third kappa shape index (κ3) is 3.23. The predicted molar refractivity (Wildman–Crippen MR) is 72.7 cm³/mol. The third-order valence-electron chi connectivity index (χ3n) is 3.15. The van der Waals surface area contributed by atoms with Crippen molar-refractivity contribution in [1.82, 2.24) is 5.32 Å². The fourth-order valence-corrected chi connectivity index (χ4v) is 1.58. The Morgan fingerprint density at radius 3 is 2.56 bits per heavy atom. The van der Waals surface area contributed by atoms with Crippen molar-refractivity contribution in [3.63, 3.8) is 0 Å². The smallest absolute Gasteiger partial charge is 0.240 e. The summed E-state index contributed by atoms with van der Waals surface area (Å²) in [6, 6.07) is 7.84. The topological polar surface area (TPSA) is 64.3 Å². The molecule has 0 saturated heterocycles. The van der Waals surface area contributed by atoms with E-state index in [1.165, 1.54) is 0 Å². The van der Waals surface area contributed by atoms with Crippen LogP contribution in [0.4, 0.5) is 0 Å². The number of benzene rings is 1. The van der Waals surface area contributed by atoms with Crippen molar-refractivity contribution in [3.8, 4) is 5.75 Å². The first-order valence-electron chi connectivity index (χ1n) is 6.11. The fraction of sp³-hybridized carbons (Fsp3) is 0.500. The summed E-state index contributed by atoms with van der Waals surface area (Å²) in [5, 5.41) is 2.90. The predicted octanol–water partition coefficient (Wildman–Crippen LogP) is 1.65. The van der Waals surface area contributed by atoms with E-state index < -0.39 is 11.4 Å². The molecule has 0 aliphatic carbocycles. The summed E-state index contributed by atoms with van der Waals surface area (Å²) in [5.74, 6) is 0.748. The van der Waals surface area contributed by atoms with Gasteiger partial charge in [0.25, 0.3) is 0 Å². The minimum Gasteiger partial charge on any atom is -0.491 e. The Balaban J connectivity index is 2.83. The van der Waals surface area contributed by atoms with Gasteiger partial charge in [0, 0.05) is 0 Å². The number of nitrogens with one attached hydrogen (secondary N) is 1. The standard InChI is InChI=1S/C14H22N2O2/c1-10(2)11-7-5-6-8-12(11)18-9-14(3,16-4)13(15)17/h5-8,10,16H,9H2,1-4H3,(H2,15,17). The third-order valence-corrected chi connectivity index (χ3v) is 3.15. The van der Waals surface area contributed by atoms with Crippen LogP contribution in [0.5, 0.6) is 5.75 Å². The minimum atomic E-state index is -0.857. The van der Waals surface area contributed by atoms with Gasteiger partial charge in [-0.25, -0.2) is 0 Å². The number of ether oxygens (including phenoxy) is 1. The number of primary amides is 1. The van der Waals surface area contributed by atoms with Gasteiger partial charge in [-0.1, -0.05) is 32.0 Å². The molecule has 1 rings (SSSR count). The molecule has 3 N–H and O–H groups in total. The first kappa shape index (κ1) is 14.5. The summed E-state index contributed by atoms with van der Waals surface area (Å²) in [4.78, 5) is 11.4. The number of hydrogen-bond acceptors (Lipinski definition) is 3. The molecule has 1 atom stereocenters. The molecule has 18 heavy (non-hydrogen) atoms. The number of likely N-dealkylation sites (N-methyl/N-ethyl adjacent to an activating group) is 1. The summed E-state index contributed by atoms with van der Waals surface area (Å²) in [7, 11) is 1.70. The second-order valence-corrected chi connectivity index (χ2v) is 4.93. The van der Waals surface area contributed by atoms with Crippen LogP contribution in [-0.4, -0.2) is 25.1 Å². The number of hydrogen-bond donors (Lipinski definition) is 2. The zero-order valence-electron chi connectivity index (χ0n) is 11.5. The van der Waals surface area contributed by atoms with E-state index in [9.17, 15) is 4.79 Å². The van der Waals surface area contributed by atoms with Gasteiger partial charge in [0.05, 0.1) is 0 Å². The molecular formula is C14H22N2O2. The monoisotopic (exact) mass is 250 g/mol. The summed E-state index contributed by atoms with van der Waals surface area (Å²) >= 11 is 0. The molecule has 100 valence electrons. The molecular weight excluding hydrogens is 228 g/mol. The van der Waals surface area contributed by atoms with E-state index >= 15 is 0 Å². The zero-order chi connectivity index (χ0) is 13.8. The molecule has 0 bridgehead atoms. The second-order valence-electron chi connectivity index (χ2n) is 4.93. The summed E-state index contributed by atoms with van der Waals surface area (Å²) < 4.78 is 5.75. The van der Waals surface area contributed by atoms with Crippen molar-refractivity contribution >= 4 is 5.91 Å². The summed E-state index contributed by atoms with van der Waals surface area (Å²) in [6.45, 7) is 6.15. The number of amides is 1. The Kier molecular flexibility index (Phi) is 4.73. The fourth-order valence-electron chi connectivity index (χ4n) is 1.58. The number of nitrogens with two attached hydrogens (primary N) is 1. The van der Waals surface area contributed by atoms with Crippen molar-refractivity contribution in [2.24, 2.45) is 5.73 Å². The molecule has 0 spiro atoms. The highest BCUT2D eigenvalue weighted by atomic mass is 16.5. The molecule has 1 aromatic carbocycles. The van der Waals surface area contributed by atoms with Crippen LogP contribution in [0.3, 0.4) is 0 Å². The average molecular weight is 250 g/mol. The normalized spacial score (nSPS) is 14.3. The molecule has 0 fully saturated rings. The van der Waals surface area contributed by atoms with E-state index in [4.69, 9.17) is 10.5 Å². The van der Waals surface area contributed by atoms with Crippen LogP contribution < -0.4 is 15.8 Å². The molecule has 0 aliphatic heterocycles. The Morgan fingerprint density at radius 1 is 1.44 bits per heavy atom. The SMILES string of the molecule is CNC(C)(COc1ccccc1C(C)C)C(N)=O. The lowest BCUT2D eigenvalue weighted by Crippen LogP contribution is -2.55. The van der Waals surface area contributed by atoms with Gasteiger partial charge in [-0.3, -0.25) is 4.79 Å². The summed E-state index contributed by atoms with van der Waals surface area (Å²) in [6.07, 6.45) is 0. The molecule has 0 radical (unpaired) electrons. The highest BCUT2D eigenvalue weighted by Crippen LogP contribution is 2.26. The van der Waals surface area contributed by atoms with Crippen LogP contribution in [0, 0.1) is 0 Å². The van der Waals surface area contributed by atoms with Crippen molar-refractivity contribution in [2.45, 2.75) is 32.2 Å². The maximum absolute atomic E-state index is 11.4. The van der Waals surface area contributed by atoms with E-state index in [1.54, 1.807) is 14.0 Å². The van der Waals surface area contributed by atoms with E-state index in [0.717, 1.165) is 11.3 Å². The lowest BCUT2D eigenvalue weighted by Gasteiger charge is -2.26. The molecule has 1 aromatic rings. The van der Waals surface area contributed by atoms with Crippen LogP contribution in [0.1, 0.15) is 32.3 Å². The van der Waals surface area contributed by atoms with Gasteiger partial charge in [0.2, 0.25) is 5.91 Å². The summed E-state index contributed by atoms with van der Waals surface area (Å²) in [5.41, 5.74) is 5.63. The van der Waals surface area contributed by atoms with E-state index in [2.05, 4.69) is 19.2 Å². The Morgan fingerprint density at radius 2 is 2.06 bits per heavy atom. The zero-order valence-corrected chi connectivity index (χ0v) is 11.5. The maximum Gasteiger partial charge on any atom is 0.240 e. The van der Waals surface area contributed by atoms with Gasteiger partial charge >= 0.3 is 0 Å². The van der Waals surface area contributed by atoms with Crippen LogP contribution >= 0.6 is 0 Å². The van der Waals surface area contributed by atoms with Crippen molar-refractivity contribution in [2.75, 3.05) is 13.7 Å². The first-order chi connectivity index (χ1) is 8.40. The van der Waals surface area contributed by atoms with Gasteiger partial charge in [-0.05, 0) is 31.5 Å². The first-order valence-corrected chi connectivity index (χ1v) is 6.11. The molecule has 4 heteroatoms. The van der Waals surface area contributed by atoms with Crippen LogP contribution in [-0.2, 0) is 4.79 Å². The number of carbonyl (C=O) groups excluding carboxylic acids is 1. The van der Waals surface area contributed by atoms with Gasteiger partial charge in [-0.2, -0.15) is 0 Å². The Labute approximate surface area is 109 Å². The highest BCUT2D eigenvalue weighted by molar-refractivity contribution is 5.84. The van der Waals surface area contributed by atoms with Crippen molar-refractivity contribution in [3.05, 3.63) is 29.8 Å². The molecule has 4 nitrogen and oxygen atoms in total. The second kappa shape index (κ2) is 5.87. The van der Waals surface area contributed by atoms with Crippen molar-refractivity contribution < 1.29 is 9.53 Å². The van der Waals surface area contributed by atoms with Crippen LogP contribution in [0.25, 0.3) is 0 Å². The van der Waals surface area contributed by atoms with Gasteiger partial charge < -0.3 is 15.8 Å². The lowest BCUT2D eigenvalue weighted by atomic mass is 10.0. The molecule has 1 amide bonds. The van der Waals surface area contributed by atoms with Gasteiger partial charge in [-0.15, -0.1) is 0 Å². The number of para-hydroxylation sites is 1. The van der Waals surface area contributed by atoms with E-state index in [1.807, 2.05) is 24.3 Å². The highest BCUT2D eigenvalue weighted by Gasteiger charge is 2.30. The largest absolute Gasteiger partial charge is 0.491 e. The molecule has 0 saturated carbocycles. The quantitative estimate of drug-likeness (QED) is 0.807. The Bertz CT molecular complexity index is 418. The van der Waals surface area contributed by atoms with E-state index in [0.29, 0.717) is 5.92 Å². The minimum absolute atomic E-state index is 0.211. The van der Waals surface area contributed by atoms with Gasteiger partial charge in [0.15, 0.2) is 0 Å². The molecule has 1 unspecified atom stereocenters. The maximum atomic E-state index is 11.4. The van der Waals surface area contributed by atoms with E-state index in [-0.39, 0.29) is 6.61 Å². The number of carbonyl (C=O) groups is 1. The Hall–Kier alpha value is -1.55.